The van der Waals surface area contributed by atoms with Gasteiger partial charge in [-0.25, -0.2) is 14.8 Å². The fourth-order valence-electron chi connectivity index (χ4n) is 1.76. The van der Waals surface area contributed by atoms with Gasteiger partial charge in [-0.2, -0.15) is 5.10 Å². The number of aliphatic imine (C=N–C) groups is 1. The van der Waals surface area contributed by atoms with Gasteiger partial charge in [-0.15, -0.1) is 11.6 Å². The molecule has 0 spiro atoms. The van der Waals surface area contributed by atoms with Gasteiger partial charge in [-0.05, 0) is 19.4 Å². The molecular weight excluding hydrogens is 230 g/mol. The lowest BCUT2D eigenvalue weighted by Gasteiger charge is -2.27. The predicted octanol–water partition coefficient (Wildman–Crippen LogP) is 1.44. The van der Waals surface area contributed by atoms with E-state index in [2.05, 4.69) is 10.1 Å². The molecule has 86 valence electrons. The van der Waals surface area contributed by atoms with Crippen LogP contribution in [0.3, 0.4) is 0 Å². The first kappa shape index (κ1) is 11.1. The van der Waals surface area contributed by atoms with E-state index in [1.807, 2.05) is 13.8 Å². The van der Waals surface area contributed by atoms with Crippen LogP contribution < -0.4 is 0 Å². The summed E-state index contributed by atoms with van der Waals surface area (Å²) in [5, 5.41) is 14.6. The van der Waals surface area contributed by atoms with Crippen molar-refractivity contribution in [2.75, 3.05) is 0 Å². The first-order valence-corrected chi connectivity index (χ1v) is 5.48. The number of hydrogen-bond donors (Lipinski definition) is 1. The van der Waals surface area contributed by atoms with Crippen LogP contribution in [0.25, 0.3) is 0 Å². The number of carbonyl (C=O) groups is 1. The van der Waals surface area contributed by atoms with Crippen LogP contribution in [0.5, 0.6) is 0 Å². The number of allylic oxidation sites excluding steroid dienone is 1. The Morgan fingerprint density at radius 1 is 1.69 bits per heavy atom. The fraction of sp³-hybridized carbons (Fsp3) is 0.500. The molecular formula is C10H12ClN3O2. The molecule has 6 heteroatoms. The second kappa shape index (κ2) is 3.90. The van der Waals surface area contributed by atoms with E-state index in [0.29, 0.717) is 6.42 Å². The number of rotatable bonds is 2. The number of carboxylic acid groups (broad SMARTS) is 1. The summed E-state index contributed by atoms with van der Waals surface area (Å²) in [6.07, 6.45) is 1.83. The van der Waals surface area contributed by atoms with Gasteiger partial charge in [0.05, 0.1) is 5.71 Å². The minimum Gasteiger partial charge on any atom is -0.477 e. The van der Waals surface area contributed by atoms with E-state index < -0.39 is 12.1 Å². The third-order valence-corrected chi connectivity index (χ3v) is 3.17. The Kier molecular flexibility index (Phi) is 2.71. The predicted molar refractivity (Wildman–Crippen MR) is 61.8 cm³/mol. The van der Waals surface area contributed by atoms with Crippen molar-refractivity contribution in [1.29, 1.82) is 0 Å². The molecule has 0 radical (unpaired) electrons. The second-order valence-corrected chi connectivity index (χ2v) is 4.18. The van der Waals surface area contributed by atoms with Crippen LogP contribution in [0.15, 0.2) is 21.9 Å². The van der Waals surface area contributed by atoms with Crippen molar-refractivity contribution < 1.29 is 9.90 Å². The lowest BCUT2D eigenvalue weighted by atomic mass is 10.1. The van der Waals surface area contributed by atoms with E-state index in [-0.39, 0.29) is 11.1 Å². The number of hydrogen-bond acceptors (Lipinski definition) is 4. The molecule has 5 nitrogen and oxygen atoms in total. The molecule has 0 aromatic heterocycles. The number of nitrogens with zero attached hydrogens (tertiary/aromatic N) is 3. The molecule has 2 unspecified atom stereocenters. The topological polar surface area (TPSA) is 65.3 Å². The third-order valence-electron chi connectivity index (χ3n) is 2.63. The van der Waals surface area contributed by atoms with Crippen molar-refractivity contribution in [3.05, 3.63) is 11.8 Å². The van der Waals surface area contributed by atoms with E-state index in [4.69, 9.17) is 16.7 Å². The highest BCUT2D eigenvalue weighted by Crippen LogP contribution is 2.30. The van der Waals surface area contributed by atoms with Crippen LogP contribution >= 0.6 is 11.6 Å². The molecule has 16 heavy (non-hydrogen) atoms. The van der Waals surface area contributed by atoms with Gasteiger partial charge in [-0.3, -0.25) is 0 Å². The number of halogens is 1. The second-order valence-electron chi connectivity index (χ2n) is 3.71. The number of fused-ring (bicyclic) bond motifs is 1. The highest BCUT2D eigenvalue weighted by molar-refractivity contribution is 6.41. The zero-order valence-corrected chi connectivity index (χ0v) is 9.77. The minimum absolute atomic E-state index is 0.0497. The van der Waals surface area contributed by atoms with Crippen LogP contribution in [0, 0.1) is 0 Å². The standard InChI is InChI=1S/C10H12ClN3O2/c1-3-6-4-7(10(15)16)12-9-8(11)5(2)13-14(6)9/h4,8-9H,3H2,1-2H3,(H,15,16). The van der Waals surface area contributed by atoms with E-state index in [0.717, 1.165) is 11.4 Å². The molecule has 0 fully saturated rings. The van der Waals surface area contributed by atoms with Crippen molar-refractivity contribution in [3.63, 3.8) is 0 Å². The first-order valence-electron chi connectivity index (χ1n) is 5.04. The van der Waals surface area contributed by atoms with Gasteiger partial charge in [0.2, 0.25) is 0 Å². The monoisotopic (exact) mass is 241 g/mol. The average Bonchev–Trinajstić information content (AvgIpc) is 2.54. The lowest BCUT2D eigenvalue weighted by Crippen LogP contribution is -2.37. The Bertz CT molecular complexity index is 428. The molecule has 2 rings (SSSR count). The van der Waals surface area contributed by atoms with Crippen molar-refractivity contribution >= 4 is 29.0 Å². The van der Waals surface area contributed by atoms with Gasteiger partial charge < -0.3 is 5.11 Å². The average molecular weight is 242 g/mol. The number of aliphatic carboxylic acids is 1. The normalized spacial score (nSPS) is 28.2. The zero-order valence-electron chi connectivity index (χ0n) is 9.01. The molecule has 2 aliphatic rings. The summed E-state index contributed by atoms with van der Waals surface area (Å²) in [7, 11) is 0. The van der Waals surface area contributed by atoms with E-state index >= 15 is 0 Å². The Hall–Kier alpha value is -1.36. The van der Waals surface area contributed by atoms with Crippen LogP contribution in [-0.4, -0.2) is 39.1 Å². The van der Waals surface area contributed by atoms with Crippen LogP contribution in [-0.2, 0) is 4.79 Å². The van der Waals surface area contributed by atoms with E-state index in [1.165, 1.54) is 0 Å². The molecule has 0 amide bonds. The zero-order chi connectivity index (χ0) is 11.9. The van der Waals surface area contributed by atoms with Gasteiger partial charge in [0.15, 0.2) is 6.17 Å². The molecule has 0 aromatic carbocycles. The Labute approximate surface area is 98.1 Å². The van der Waals surface area contributed by atoms with Crippen molar-refractivity contribution in [2.24, 2.45) is 10.1 Å². The summed E-state index contributed by atoms with van der Waals surface area (Å²) in [6.45, 7) is 3.76. The highest BCUT2D eigenvalue weighted by Gasteiger charge is 2.38. The molecule has 0 aliphatic carbocycles. The summed E-state index contributed by atoms with van der Waals surface area (Å²) in [5.74, 6) is -1.03. The number of alkyl halides is 1. The maximum Gasteiger partial charge on any atom is 0.354 e. The number of hydrazone groups is 1. The van der Waals surface area contributed by atoms with Crippen molar-refractivity contribution in [3.8, 4) is 0 Å². The van der Waals surface area contributed by atoms with E-state index in [1.54, 1.807) is 11.1 Å². The largest absolute Gasteiger partial charge is 0.477 e. The van der Waals surface area contributed by atoms with Gasteiger partial charge >= 0.3 is 5.97 Å². The van der Waals surface area contributed by atoms with Gasteiger partial charge in [0.25, 0.3) is 0 Å². The molecule has 0 bridgehead atoms. The third kappa shape index (κ3) is 1.61. The van der Waals surface area contributed by atoms with Gasteiger partial charge in [-0.1, -0.05) is 6.92 Å². The summed E-state index contributed by atoms with van der Waals surface area (Å²) in [5.41, 5.74) is 1.65. The van der Waals surface area contributed by atoms with Gasteiger partial charge in [0, 0.05) is 5.70 Å². The molecule has 0 saturated carbocycles. The van der Waals surface area contributed by atoms with Crippen LogP contribution in [0.1, 0.15) is 20.3 Å². The molecule has 2 heterocycles. The summed E-state index contributed by atoms with van der Waals surface area (Å²) in [6, 6.07) is 0. The Balaban J connectivity index is 2.40. The van der Waals surface area contributed by atoms with Crippen molar-refractivity contribution in [2.45, 2.75) is 31.8 Å². The summed E-state index contributed by atoms with van der Waals surface area (Å²) < 4.78 is 0. The molecule has 2 aliphatic heterocycles. The maximum absolute atomic E-state index is 10.9. The Morgan fingerprint density at radius 2 is 2.38 bits per heavy atom. The quantitative estimate of drug-likeness (QED) is 0.744. The molecule has 0 aromatic rings. The summed E-state index contributed by atoms with van der Waals surface area (Å²) in [4.78, 5) is 15.0. The van der Waals surface area contributed by atoms with Crippen molar-refractivity contribution in [1.82, 2.24) is 5.01 Å². The number of carboxylic acids is 1. The summed E-state index contributed by atoms with van der Waals surface area (Å²) >= 11 is 6.13. The maximum atomic E-state index is 10.9. The first-order chi connectivity index (χ1) is 7.54. The van der Waals surface area contributed by atoms with Gasteiger partial charge in [0.1, 0.15) is 11.1 Å². The minimum atomic E-state index is -1.03. The van der Waals surface area contributed by atoms with E-state index in [9.17, 15) is 4.79 Å². The SMILES string of the molecule is CCC1=CC(C(=O)O)=NC2C(Cl)C(C)=NN12. The highest BCUT2D eigenvalue weighted by atomic mass is 35.5. The molecule has 0 saturated heterocycles. The lowest BCUT2D eigenvalue weighted by molar-refractivity contribution is -0.129. The fourth-order valence-corrected chi connectivity index (χ4v) is 1.97. The van der Waals surface area contributed by atoms with Crippen LogP contribution in [0.2, 0.25) is 0 Å². The molecule has 2 atom stereocenters. The Morgan fingerprint density at radius 3 is 2.94 bits per heavy atom. The van der Waals surface area contributed by atoms with Crippen LogP contribution in [0.4, 0.5) is 0 Å². The smallest absolute Gasteiger partial charge is 0.354 e. The molecule has 1 N–H and O–H groups in total.